The molecule has 3 amide bonds. The van der Waals surface area contributed by atoms with Gasteiger partial charge in [0.1, 0.15) is 17.4 Å². The van der Waals surface area contributed by atoms with E-state index in [0.29, 0.717) is 22.8 Å². The molecule has 1 unspecified atom stereocenters. The second-order valence-electron chi connectivity index (χ2n) is 8.39. The van der Waals surface area contributed by atoms with Crippen molar-refractivity contribution in [2.45, 2.75) is 46.3 Å². The van der Waals surface area contributed by atoms with E-state index in [1.165, 1.54) is 4.90 Å². The first-order valence-electron chi connectivity index (χ1n) is 10.00. The Morgan fingerprint density at radius 2 is 1.71 bits per heavy atom. The van der Waals surface area contributed by atoms with Crippen LogP contribution < -0.4 is 20.3 Å². The van der Waals surface area contributed by atoms with Crippen LogP contribution in [0.25, 0.3) is 0 Å². The van der Waals surface area contributed by atoms with Gasteiger partial charge in [0, 0.05) is 11.4 Å². The number of fused-ring (bicyclic) bond motifs is 1. The molecule has 8 heteroatoms. The van der Waals surface area contributed by atoms with Crippen molar-refractivity contribution >= 4 is 35.0 Å². The van der Waals surface area contributed by atoms with Gasteiger partial charge in [0.2, 0.25) is 5.91 Å². The fourth-order valence-corrected chi connectivity index (χ4v) is 3.10. The van der Waals surface area contributed by atoms with Crippen molar-refractivity contribution in [3.63, 3.8) is 0 Å². The lowest BCUT2D eigenvalue weighted by atomic mass is 10.1. The molecule has 1 heterocycles. The first-order valence-corrected chi connectivity index (χ1v) is 10.00. The van der Waals surface area contributed by atoms with Gasteiger partial charge in [-0.1, -0.05) is 17.7 Å². The van der Waals surface area contributed by atoms with E-state index in [4.69, 9.17) is 9.47 Å². The molecule has 3 rings (SSSR count). The van der Waals surface area contributed by atoms with Gasteiger partial charge in [0.05, 0.1) is 5.69 Å². The number of aryl methyl sites for hydroxylation is 1. The molecule has 2 N–H and O–H groups in total. The monoisotopic (exact) mass is 425 g/mol. The lowest BCUT2D eigenvalue weighted by Gasteiger charge is -2.33. The number of rotatable bonds is 4. The Balaban J connectivity index is 1.81. The number of anilines is 3. The molecule has 2 aromatic rings. The minimum Gasteiger partial charge on any atom is -0.482 e. The van der Waals surface area contributed by atoms with E-state index in [9.17, 15) is 14.4 Å². The average Bonchev–Trinajstić information content (AvgIpc) is 2.67. The third-order valence-corrected chi connectivity index (χ3v) is 4.57. The molecule has 0 spiro atoms. The van der Waals surface area contributed by atoms with Crippen LogP contribution in [0, 0.1) is 6.92 Å². The second kappa shape index (κ2) is 8.67. The highest BCUT2D eigenvalue weighted by molar-refractivity contribution is 6.07. The normalized spacial score (nSPS) is 14.2. The van der Waals surface area contributed by atoms with Gasteiger partial charge in [-0.05, 0) is 65.0 Å². The number of nitrogens with one attached hydrogen (secondary N) is 2. The highest BCUT2D eigenvalue weighted by Crippen LogP contribution is 2.36. The molecule has 0 fully saturated rings. The Bertz CT molecular complexity index is 995. The van der Waals surface area contributed by atoms with Crippen LogP contribution in [-0.4, -0.2) is 36.2 Å². The van der Waals surface area contributed by atoms with Crippen molar-refractivity contribution < 1.29 is 23.9 Å². The zero-order valence-corrected chi connectivity index (χ0v) is 18.3. The maximum atomic E-state index is 12.8. The van der Waals surface area contributed by atoms with Crippen molar-refractivity contribution in [2.75, 3.05) is 22.1 Å². The molecule has 0 radical (unpaired) electrons. The number of nitrogens with zero attached hydrogens (tertiary/aromatic N) is 1. The van der Waals surface area contributed by atoms with Gasteiger partial charge in [0.15, 0.2) is 6.61 Å². The van der Waals surface area contributed by atoms with Gasteiger partial charge in [0.25, 0.3) is 5.91 Å². The Kier molecular flexibility index (Phi) is 6.19. The largest absolute Gasteiger partial charge is 0.482 e. The van der Waals surface area contributed by atoms with Crippen molar-refractivity contribution in [1.82, 2.24) is 0 Å². The average molecular weight is 425 g/mol. The van der Waals surface area contributed by atoms with Crippen LogP contribution in [-0.2, 0) is 14.3 Å². The van der Waals surface area contributed by atoms with E-state index in [0.717, 1.165) is 5.56 Å². The number of benzene rings is 2. The summed E-state index contributed by atoms with van der Waals surface area (Å²) in [5.74, 6) is -0.242. The van der Waals surface area contributed by atoms with Crippen molar-refractivity contribution in [2.24, 2.45) is 0 Å². The molecule has 0 aromatic heterocycles. The molecule has 1 atom stereocenters. The zero-order chi connectivity index (χ0) is 22.8. The highest BCUT2D eigenvalue weighted by Gasteiger charge is 2.33. The van der Waals surface area contributed by atoms with E-state index in [1.54, 1.807) is 58.0 Å². The van der Waals surface area contributed by atoms with Gasteiger partial charge < -0.3 is 14.8 Å². The molecule has 8 nitrogen and oxygen atoms in total. The summed E-state index contributed by atoms with van der Waals surface area (Å²) in [6, 6.07) is 11.5. The van der Waals surface area contributed by atoms with E-state index in [1.807, 2.05) is 19.1 Å². The van der Waals surface area contributed by atoms with E-state index >= 15 is 0 Å². The van der Waals surface area contributed by atoms with E-state index in [2.05, 4.69) is 10.6 Å². The van der Waals surface area contributed by atoms with Crippen LogP contribution in [0.4, 0.5) is 21.9 Å². The number of amides is 3. The smallest absolute Gasteiger partial charge is 0.412 e. The van der Waals surface area contributed by atoms with Crippen LogP contribution >= 0.6 is 0 Å². The molecule has 0 saturated heterocycles. The number of ether oxygens (including phenoxy) is 2. The van der Waals surface area contributed by atoms with Gasteiger partial charge in [-0.3, -0.25) is 19.8 Å². The maximum absolute atomic E-state index is 12.8. The van der Waals surface area contributed by atoms with Crippen LogP contribution in [0.2, 0.25) is 0 Å². The first kappa shape index (κ1) is 22.1. The third-order valence-electron chi connectivity index (χ3n) is 4.57. The SMILES string of the molecule is Cc1ccc(NC(=O)C(C)N2C(=O)COc3ccc(NC(=O)OC(C)(C)C)cc32)cc1. The van der Waals surface area contributed by atoms with Crippen LogP contribution in [0.5, 0.6) is 5.75 Å². The van der Waals surface area contributed by atoms with Crippen LogP contribution in [0.15, 0.2) is 42.5 Å². The zero-order valence-electron chi connectivity index (χ0n) is 18.3. The summed E-state index contributed by atoms with van der Waals surface area (Å²) >= 11 is 0. The predicted octanol–water partition coefficient (Wildman–Crippen LogP) is 4.09. The lowest BCUT2D eigenvalue weighted by Crippen LogP contribution is -2.49. The molecule has 164 valence electrons. The highest BCUT2D eigenvalue weighted by atomic mass is 16.6. The molecule has 0 aliphatic carbocycles. The lowest BCUT2D eigenvalue weighted by molar-refractivity contribution is -0.125. The number of hydrogen-bond donors (Lipinski definition) is 2. The fraction of sp³-hybridized carbons (Fsp3) is 0.348. The topological polar surface area (TPSA) is 97.0 Å². The van der Waals surface area contributed by atoms with Crippen molar-refractivity contribution in [1.29, 1.82) is 0 Å². The van der Waals surface area contributed by atoms with Crippen LogP contribution in [0.1, 0.15) is 33.3 Å². The third kappa shape index (κ3) is 5.53. The fourth-order valence-electron chi connectivity index (χ4n) is 3.10. The molecule has 0 saturated carbocycles. The number of carbonyl (C=O) groups excluding carboxylic acids is 3. The summed E-state index contributed by atoms with van der Waals surface area (Å²) in [5, 5.41) is 5.47. The summed E-state index contributed by atoms with van der Waals surface area (Å²) in [6.07, 6.45) is -0.618. The molecule has 0 bridgehead atoms. The van der Waals surface area contributed by atoms with Crippen molar-refractivity contribution in [3.05, 3.63) is 48.0 Å². The summed E-state index contributed by atoms with van der Waals surface area (Å²) in [7, 11) is 0. The van der Waals surface area contributed by atoms with E-state index in [-0.39, 0.29) is 18.4 Å². The summed E-state index contributed by atoms with van der Waals surface area (Å²) < 4.78 is 10.8. The summed E-state index contributed by atoms with van der Waals surface area (Å²) in [6.45, 7) is 8.73. The minimum atomic E-state index is -0.798. The molecule has 1 aliphatic rings. The van der Waals surface area contributed by atoms with Gasteiger partial charge in [-0.15, -0.1) is 0 Å². The standard InChI is InChI=1S/C23H27N3O5/c1-14-6-8-16(9-7-14)24-21(28)15(2)26-18-12-17(25-22(29)31-23(3,4)5)10-11-19(18)30-13-20(26)27/h6-12,15H,13H2,1-5H3,(H,24,28)(H,25,29). The molecular weight excluding hydrogens is 398 g/mol. The Labute approximate surface area is 181 Å². The summed E-state index contributed by atoms with van der Waals surface area (Å²) in [4.78, 5) is 38.9. The molecular formula is C23H27N3O5. The van der Waals surface area contributed by atoms with E-state index < -0.39 is 17.7 Å². The quantitative estimate of drug-likeness (QED) is 0.769. The minimum absolute atomic E-state index is 0.173. The maximum Gasteiger partial charge on any atom is 0.412 e. The molecule has 31 heavy (non-hydrogen) atoms. The summed E-state index contributed by atoms with van der Waals surface area (Å²) in [5.41, 5.74) is 1.89. The Morgan fingerprint density at radius 1 is 1.06 bits per heavy atom. The number of hydrogen-bond acceptors (Lipinski definition) is 5. The van der Waals surface area contributed by atoms with Gasteiger partial charge >= 0.3 is 6.09 Å². The molecule has 2 aromatic carbocycles. The second-order valence-corrected chi connectivity index (χ2v) is 8.39. The van der Waals surface area contributed by atoms with Gasteiger partial charge in [-0.2, -0.15) is 0 Å². The van der Waals surface area contributed by atoms with Crippen LogP contribution in [0.3, 0.4) is 0 Å². The first-order chi connectivity index (χ1) is 14.5. The number of carbonyl (C=O) groups is 3. The van der Waals surface area contributed by atoms with Gasteiger partial charge in [-0.25, -0.2) is 4.79 Å². The Hall–Kier alpha value is -3.55. The predicted molar refractivity (Wildman–Crippen MR) is 119 cm³/mol. The Morgan fingerprint density at radius 3 is 2.35 bits per heavy atom. The van der Waals surface area contributed by atoms with Crippen molar-refractivity contribution in [3.8, 4) is 5.75 Å². The molecule has 1 aliphatic heterocycles.